The van der Waals surface area contributed by atoms with Crippen LogP contribution in [-0.4, -0.2) is 26.1 Å². The number of rotatable bonds is 7. The van der Waals surface area contributed by atoms with Crippen LogP contribution in [0.15, 0.2) is 83.2 Å². The van der Waals surface area contributed by atoms with Crippen molar-refractivity contribution < 1.29 is 4.79 Å². The van der Waals surface area contributed by atoms with E-state index in [4.69, 9.17) is 10.1 Å². The minimum absolute atomic E-state index is 0.135. The summed E-state index contributed by atoms with van der Waals surface area (Å²) in [7, 11) is 0. The summed E-state index contributed by atoms with van der Waals surface area (Å²) >= 11 is 3.04. The van der Waals surface area contributed by atoms with E-state index in [1.54, 1.807) is 11.8 Å². The Labute approximate surface area is 201 Å². The summed E-state index contributed by atoms with van der Waals surface area (Å²) in [6.45, 7) is 4.08. The molecule has 0 saturated carbocycles. The first-order chi connectivity index (χ1) is 16.1. The molecule has 0 unspecified atom stereocenters. The van der Waals surface area contributed by atoms with Gasteiger partial charge < -0.3 is 0 Å². The Kier molecular flexibility index (Phi) is 6.11. The fourth-order valence-corrected chi connectivity index (χ4v) is 5.83. The van der Waals surface area contributed by atoms with E-state index < -0.39 is 0 Å². The minimum atomic E-state index is 0.135. The summed E-state index contributed by atoms with van der Waals surface area (Å²) in [5, 5.41) is 7.82. The molecule has 0 fully saturated rings. The van der Waals surface area contributed by atoms with Crippen molar-refractivity contribution in [1.29, 1.82) is 0 Å². The molecule has 4 nitrogen and oxygen atoms in total. The molecule has 164 valence electrons. The van der Waals surface area contributed by atoms with Gasteiger partial charge in [0.25, 0.3) is 0 Å². The van der Waals surface area contributed by atoms with Crippen molar-refractivity contribution in [3.8, 4) is 11.1 Å². The molecule has 0 saturated heterocycles. The van der Waals surface area contributed by atoms with Crippen LogP contribution >= 0.6 is 23.1 Å². The number of aryl methyl sites for hydroxylation is 2. The number of carbonyl (C=O) groups is 1. The third-order valence-corrected chi connectivity index (χ3v) is 7.63. The van der Waals surface area contributed by atoms with Crippen LogP contribution in [0.2, 0.25) is 0 Å². The highest BCUT2D eigenvalue weighted by Gasteiger charge is 2.21. The lowest BCUT2D eigenvalue weighted by Crippen LogP contribution is -2.08. The molecule has 3 heterocycles. The number of carbonyl (C=O) groups excluding carboxylic acids is 1. The standard InChI is InChI=1S/C27H23N3OS2/c1-18-22(16-20-10-5-3-6-11-20)27(33-17-23(31)24-14-9-15-32-24)30-26(28-18)25(19(2)29-30)21-12-7-4-8-13-21/h3-15H,16-17H2,1-2H3. The molecular weight excluding hydrogens is 446 g/mol. The van der Waals surface area contributed by atoms with E-state index in [1.165, 1.54) is 16.9 Å². The molecule has 0 bridgehead atoms. The first-order valence-electron chi connectivity index (χ1n) is 10.8. The fraction of sp³-hybridized carbons (Fsp3) is 0.148. The topological polar surface area (TPSA) is 47.3 Å². The van der Waals surface area contributed by atoms with Crippen LogP contribution in [0.3, 0.4) is 0 Å². The molecule has 0 amide bonds. The number of Topliss-reactive ketones (excluding diaryl/α,β-unsaturated/α-hetero) is 1. The number of thioether (sulfide) groups is 1. The maximum absolute atomic E-state index is 12.8. The maximum atomic E-state index is 12.8. The van der Waals surface area contributed by atoms with Gasteiger partial charge in [-0.15, -0.1) is 11.3 Å². The van der Waals surface area contributed by atoms with E-state index in [1.807, 2.05) is 53.2 Å². The zero-order chi connectivity index (χ0) is 22.8. The first-order valence-corrected chi connectivity index (χ1v) is 12.7. The molecule has 0 spiro atoms. The summed E-state index contributed by atoms with van der Waals surface area (Å²) in [6.07, 6.45) is 0.741. The fourth-order valence-electron chi connectivity index (χ4n) is 4.01. The van der Waals surface area contributed by atoms with Gasteiger partial charge >= 0.3 is 0 Å². The predicted molar refractivity (Wildman–Crippen MR) is 137 cm³/mol. The molecule has 3 aromatic heterocycles. The van der Waals surface area contributed by atoms with Crippen molar-refractivity contribution in [3.05, 3.63) is 106 Å². The molecule has 5 aromatic rings. The number of nitrogens with zero attached hydrogens (tertiary/aromatic N) is 3. The van der Waals surface area contributed by atoms with E-state index in [0.29, 0.717) is 5.75 Å². The first kappa shape index (κ1) is 21.6. The molecule has 0 aliphatic carbocycles. The van der Waals surface area contributed by atoms with Gasteiger partial charge in [-0.1, -0.05) is 78.5 Å². The van der Waals surface area contributed by atoms with E-state index in [-0.39, 0.29) is 5.78 Å². The highest BCUT2D eigenvalue weighted by molar-refractivity contribution is 8.00. The van der Waals surface area contributed by atoms with Crippen LogP contribution in [0.4, 0.5) is 0 Å². The van der Waals surface area contributed by atoms with Crippen molar-refractivity contribution in [2.45, 2.75) is 25.3 Å². The average Bonchev–Trinajstić information content (AvgIpc) is 3.48. The van der Waals surface area contributed by atoms with E-state index >= 15 is 0 Å². The van der Waals surface area contributed by atoms with Gasteiger partial charge in [0.2, 0.25) is 0 Å². The number of fused-ring (bicyclic) bond motifs is 1. The zero-order valence-electron chi connectivity index (χ0n) is 18.5. The van der Waals surface area contributed by atoms with Crippen LogP contribution in [0, 0.1) is 13.8 Å². The molecule has 33 heavy (non-hydrogen) atoms. The molecule has 0 atom stereocenters. The zero-order valence-corrected chi connectivity index (χ0v) is 20.1. The van der Waals surface area contributed by atoms with Crippen LogP contribution in [0.25, 0.3) is 16.8 Å². The van der Waals surface area contributed by atoms with E-state index in [0.717, 1.165) is 50.0 Å². The predicted octanol–water partition coefficient (Wildman–Crippen LogP) is 6.64. The van der Waals surface area contributed by atoms with Crippen molar-refractivity contribution in [3.63, 3.8) is 0 Å². The quantitative estimate of drug-likeness (QED) is 0.152. The molecular formula is C27H23N3OS2. The number of ketones is 1. The summed E-state index contributed by atoms with van der Waals surface area (Å²) in [5.41, 5.74) is 7.18. The number of aromatic nitrogens is 3. The van der Waals surface area contributed by atoms with E-state index in [9.17, 15) is 4.79 Å². The van der Waals surface area contributed by atoms with Crippen LogP contribution < -0.4 is 0 Å². The number of hydrogen-bond acceptors (Lipinski definition) is 5. The Morgan fingerprint density at radius 3 is 2.36 bits per heavy atom. The normalized spacial score (nSPS) is 11.2. The van der Waals surface area contributed by atoms with Crippen LogP contribution in [0.5, 0.6) is 0 Å². The third kappa shape index (κ3) is 4.36. The highest BCUT2D eigenvalue weighted by Crippen LogP contribution is 2.34. The van der Waals surface area contributed by atoms with Gasteiger partial charge in [-0.3, -0.25) is 4.79 Å². The van der Waals surface area contributed by atoms with E-state index in [2.05, 4.69) is 43.3 Å². The lowest BCUT2D eigenvalue weighted by Gasteiger charge is -2.14. The van der Waals surface area contributed by atoms with Crippen molar-refractivity contribution in [1.82, 2.24) is 14.6 Å². The molecule has 0 aliphatic heterocycles. The molecule has 0 aliphatic rings. The molecule has 5 rings (SSSR count). The van der Waals surface area contributed by atoms with Crippen molar-refractivity contribution in [2.24, 2.45) is 0 Å². The summed E-state index contributed by atoms with van der Waals surface area (Å²) in [6, 6.07) is 24.4. The van der Waals surface area contributed by atoms with Gasteiger partial charge in [0.05, 0.1) is 16.3 Å². The smallest absolute Gasteiger partial charge is 0.183 e. The average molecular weight is 470 g/mol. The SMILES string of the molecule is Cc1nc2c(-c3ccccc3)c(C)nn2c(SCC(=O)c2cccs2)c1Cc1ccccc1. The molecule has 6 heteroatoms. The van der Waals surface area contributed by atoms with Crippen molar-refractivity contribution in [2.75, 3.05) is 5.75 Å². The Hall–Kier alpha value is -3.22. The van der Waals surface area contributed by atoms with Gasteiger partial charge in [-0.2, -0.15) is 5.10 Å². The lowest BCUT2D eigenvalue weighted by molar-refractivity contribution is 0.102. The molecule has 0 N–H and O–H groups in total. The summed E-state index contributed by atoms with van der Waals surface area (Å²) in [5.74, 6) is 0.496. The summed E-state index contributed by atoms with van der Waals surface area (Å²) < 4.78 is 1.94. The Morgan fingerprint density at radius 2 is 1.67 bits per heavy atom. The third-order valence-electron chi connectivity index (χ3n) is 5.62. The van der Waals surface area contributed by atoms with Gasteiger partial charge in [-0.05, 0) is 36.4 Å². The van der Waals surface area contributed by atoms with Gasteiger partial charge in [0.1, 0.15) is 5.03 Å². The molecule has 0 radical (unpaired) electrons. The monoisotopic (exact) mass is 469 g/mol. The lowest BCUT2D eigenvalue weighted by atomic mass is 10.0. The number of thiophene rings is 1. The van der Waals surface area contributed by atoms with Gasteiger partial charge in [0, 0.05) is 23.2 Å². The minimum Gasteiger partial charge on any atom is -0.292 e. The van der Waals surface area contributed by atoms with Crippen LogP contribution in [-0.2, 0) is 6.42 Å². The number of benzene rings is 2. The second kappa shape index (κ2) is 9.33. The number of hydrogen-bond donors (Lipinski definition) is 0. The largest absolute Gasteiger partial charge is 0.292 e. The Balaban J connectivity index is 1.64. The van der Waals surface area contributed by atoms with Crippen molar-refractivity contribution >= 4 is 34.5 Å². The second-order valence-corrected chi connectivity index (χ2v) is 9.81. The highest BCUT2D eigenvalue weighted by atomic mass is 32.2. The Bertz CT molecular complexity index is 1410. The van der Waals surface area contributed by atoms with Gasteiger partial charge in [-0.25, -0.2) is 9.50 Å². The van der Waals surface area contributed by atoms with Crippen LogP contribution in [0.1, 0.15) is 32.2 Å². The molecule has 2 aromatic carbocycles. The maximum Gasteiger partial charge on any atom is 0.183 e. The Morgan fingerprint density at radius 1 is 0.939 bits per heavy atom. The summed E-state index contributed by atoms with van der Waals surface area (Å²) in [4.78, 5) is 18.6. The van der Waals surface area contributed by atoms with Gasteiger partial charge in [0.15, 0.2) is 11.4 Å². The second-order valence-electron chi connectivity index (χ2n) is 7.89.